The highest BCUT2D eigenvalue weighted by Crippen LogP contribution is 2.21. The number of rotatable bonds is 5. The predicted molar refractivity (Wildman–Crippen MR) is 105 cm³/mol. The highest BCUT2D eigenvalue weighted by atomic mass is 35.5. The summed E-state index contributed by atoms with van der Waals surface area (Å²) in [5, 5.41) is 5.71. The number of carbonyl (C=O) groups is 1. The lowest BCUT2D eigenvalue weighted by molar-refractivity contribution is 0.102. The Balaban J connectivity index is 1.65. The Hall–Kier alpha value is -2.99. The van der Waals surface area contributed by atoms with Crippen molar-refractivity contribution < 1.29 is 9.18 Å². The Kier molecular flexibility index (Phi) is 5.66. The summed E-state index contributed by atoms with van der Waals surface area (Å²) in [5.41, 5.74) is 2.77. The number of hydrogen-bond acceptors (Lipinski definition) is 4. The van der Waals surface area contributed by atoms with Gasteiger partial charge in [0.2, 0.25) is 5.95 Å². The molecule has 27 heavy (non-hydrogen) atoms. The Bertz CT molecular complexity index is 943. The second-order valence-electron chi connectivity index (χ2n) is 6.28. The molecule has 1 aromatic heterocycles. The molecule has 0 radical (unpaired) electrons. The second-order valence-corrected chi connectivity index (χ2v) is 6.69. The minimum absolute atomic E-state index is 0.000478. The van der Waals surface area contributed by atoms with Crippen LogP contribution in [-0.4, -0.2) is 15.9 Å². The van der Waals surface area contributed by atoms with Gasteiger partial charge < -0.3 is 10.6 Å². The molecular weight excluding hydrogens is 367 g/mol. The predicted octanol–water partition coefficient (Wildman–Crippen LogP) is 5.39. The standard InChI is InChI=1S/C20H18ClFN4O/c1-12(2)13-3-5-15(6-4-13)25-19(27)14-10-23-20(24-11-14)26-16-7-8-18(22)17(21)9-16/h3-12H,1-2H3,(H,25,27)(H,23,24,26). The van der Waals surface area contributed by atoms with Gasteiger partial charge >= 0.3 is 0 Å². The van der Waals surface area contributed by atoms with E-state index in [9.17, 15) is 9.18 Å². The van der Waals surface area contributed by atoms with Crippen molar-refractivity contribution in [3.8, 4) is 0 Å². The van der Waals surface area contributed by atoms with Crippen molar-refractivity contribution in [2.24, 2.45) is 0 Å². The maximum atomic E-state index is 13.2. The van der Waals surface area contributed by atoms with Crippen LogP contribution in [0.5, 0.6) is 0 Å². The zero-order valence-electron chi connectivity index (χ0n) is 14.8. The lowest BCUT2D eigenvalue weighted by Crippen LogP contribution is -2.13. The number of nitrogens with one attached hydrogen (secondary N) is 2. The molecule has 3 aromatic rings. The molecule has 0 bridgehead atoms. The summed E-state index contributed by atoms with van der Waals surface area (Å²) in [4.78, 5) is 20.5. The SMILES string of the molecule is CC(C)c1ccc(NC(=O)c2cnc(Nc3ccc(F)c(Cl)c3)nc2)cc1. The number of hydrogen-bond donors (Lipinski definition) is 2. The minimum Gasteiger partial charge on any atom is -0.324 e. The first-order chi connectivity index (χ1) is 12.9. The molecule has 2 aromatic carbocycles. The molecule has 3 rings (SSSR count). The van der Waals surface area contributed by atoms with E-state index in [-0.39, 0.29) is 16.9 Å². The molecule has 0 fully saturated rings. The third-order valence-corrected chi connectivity index (χ3v) is 4.21. The van der Waals surface area contributed by atoms with Crippen LogP contribution in [0.3, 0.4) is 0 Å². The molecule has 2 N–H and O–H groups in total. The summed E-state index contributed by atoms with van der Waals surface area (Å²) in [6.07, 6.45) is 2.83. The number of amides is 1. The van der Waals surface area contributed by atoms with E-state index in [1.807, 2.05) is 24.3 Å². The van der Waals surface area contributed by atoms with E-state index >= 15 is 0 Å². The van der Waals surface area contributed by atoms with Crippen LogP contribution in [0.4, 0.5) is 21.7 Å². The van der Waals surface area contributed by atoms with Gasteiger partial charge in [-0.2, -0.15) is 0 Å². The molecule has 1 amide bonds. The number of aromatic nitrogens is 2. The number of carbonyl (C=O) groups excluding carboxylic acids is 1. The van der Waals surface area contributed by atoms with Crippen molar-refractivity contribution in [2.75, 3.05) is 10.6 Å². The fourth-order valence-electron chi connectivity index (χ4n) is 2.37. The Labute approximate surface area is 161 Å². The normalized spacial score (nSPS) is 10.7. The number of anilines is 3. The van der Waals surface area contributed by atoms with Gasteiger partial charge in [-0.25, -0.2) is 14.4 Å². The molecule has 0 unspecified atom stereocenters. The number of benzene rings is 2. The molecule has 0 atom stereocenters. The molecule has 7 heteroatoms. The molecule has 0 aliphatic rings. The van der Waals surface area contributed by atoms with E-state index < -0.39 is 5.82 Å². The first-order valence-corrected chi connectivity index (χ1v) is 8.75. The topological polar surface area (TPSA) is 66.9 Å². The molecule has 0 saturated carbocycles. The maximum absolute atomic E-state index is 13.2. The second kappa shape index (κ2) is 8.14. The van der Waals surface area contributed by atoms with Gasteiger partial charge in [0.15, 0.2) is 0 Å². The van der Waals surface area contributed by atoms with Crippen LogP contribution in [0.2, 0.25) is 5.02 Å². The highest BCUT2D eigenvalue weighted by Gasteiger charge is 2.09. The van der Waals surface area contributed by atoms with Gasteiger partial charge in [0.25, 0.3) is 5.91 Å². The van der Waals surface area contributed by atoms with Crippen LogP contribution >= 0.6 is 11.6 Å². The van der Waals surface area contributed by atoms with Crippen molar-refractivity contribution >= 4 is 34.8 Å². The molecule has 5 nitrogen and oxygen atoms in total. The molecule has 0 spiro atoms. The number of nitrogens with zero attached hydrogens (tertiary/aromatic N) is 2. The van der Waals surface area contributed by atoms with Crippen molar-refractivity contribution in [2.45, 2.75) is 19.8 Å². The molecule has 1 heterocycles. The fraction of sp³-hybridized carbons (Fsp3) is 0.150. The van der Waals surface area contributed by atoms with E-state index in [4.69, 9.17) is 11.6 Å². The van der Waals surface area contributed by atoms with Crippen LogP contribution in [0.1, 0.15) is 35.7 Å². The van der Waals surface area contributed by atoms with Crippen LogP contribution in [0, 0.1) is 5.82 Å². The van der Waals surface area contributed by atoms with E-state index in [0.717, 1.165) is 0 Å². The summed E-state index contributed by atoms with van der Waals surface area (Å²) in [7, 11) is 0. The first-order valence-electron chi connectivity index (χ1n) is 8.38. The fourth-order valence-corrected chi connectivity index (χ4v) is 2.55. The van der Waals surface area contributed by atoms with Crippen LogP contribution < -0.4 is 10.6 Å². The maximum Gasteiger partial charge on any atom is 0.258 e. The van der Waals surface area contributed by atoms with E-state index in [0.29, 0.717) is 22.9 Å². The van der Waals surface area contributed by atoms with Gasteiger partial charge in [0, 0.05) is 23.8 Å². The largest absolute Gasteiger partial charge is 0.324 e. The van der Waals surface area contributed by atoms with Crippen molar-refractivity contribution in [3.63, 3.8) is 0 Å². The molecule has 0 saturated heterocycles. The minimum atomic E-state index is -0.503. The van der Waals surface area contributed by atoms with Crippen LogP contribution in [0.25, 0.3) is 0 Å². The monoisotopic (exact) mass is 384 g/mol. The van der Waals surface area contributed by atoms with E-state index in [1.165, 1.54) is 36.2 Å². The van der Waals surface area contributed by atoms with Gasteiger partial charge in [0.1, 0.15) is 5.82 Å². The quantitative estimate of drug-likeness (QED) is 0.619. The average Bonchev–Trinajstić information content (AvgIpc) is 2.66. The smallest absolute Gasteiger partial charge is 0.258 e. The zero-order valence-corrected chi connectivity index (χ0v) is 15.6. The third-order valence-electron chi connectivity index (χ3n) is 3.92. The first kappa shape index (κ1) is 18.8. The lowest BCUT2D eigenvalue weighted by atomic mass is 10.0. The van der Waals surface area contributed by atoms with Crippen molar-refractivity contribution in [1.82, 2.24) is 9.97 Å². The van der Waals surface area contributed by atoms with Gasteiger partial charge in [-0.3, -0.25) is 4.79 Å². The zero-order chi connectivity index (χ0) is 19.4. The Morgan fingerprint density at radius 1 is 1.04 bits per heavy atom. The lowest BCUT2D eigenvalue weighted by Gasteiger charge is -2.09. The van der Waals surface area contributed by atoms with Crippen molar-refractivity contribution in [3.05, 3.63) is 76.8 Å². The summed E-state index contributed by atoms with van der Waals surface area (Å²) in [5.74, 6) is -0.102. The van der Waals surface area contributed by atoms with E-state index in [2.05, 4.69) is 34.4 Å². The van der Waals surface area contributed by atoms with Gasteiger partial charge in [-0.05, 0) is 41.8 Å². The van der Waals surface area contributed by atoms with E-state index in [1.54, 1.807) is 0 Å². The van der Waals surface area contributed by atoms with Gasteiger partial charge in [-0.1, -0.05) is 37.6 Å². The summed E-state index contributed by atoms with van der Waals surface area (Å²) >= 11 is 5.74. The van der Waals surface area contributed by atoms with Crippen LogP contribution in [-0.2, 0) is 0 Å². The molecular formula is C20H18ClFN4O. The molecule has 0 aliphatic carbocycles. The van der Waals surface area contributed by atoms with Gasteiger partial charge in [-0.15, -0.1) is 0 Å². The summed E-state index contributed by atoms with van der Waals surface area (Å²) in [6.45, 7) is 4.22. The van der Waals surface area contributed by atoms with Crippen LogP contribution in [0.15, 0.2) is 54.9 Å². The number of halogens is 2. The Morgan fingerprint density at radius 2 is 1.67 bits per heavy atom. The van der Waals surface area contributed by atoms with Crippen molar-refractivity contribution in [1.29, 1.82) is 0 Å². The van der Waals surface area contributed by atoms with Gasteiger partial charge in [0.05, 0.1) is 10.6 Å². The summed E-state index contributed by atoms with van der Waals surface area (Å²) in [6, 6.07) is 11.9. The summed E-state index contributed by atoms with van der Waals surface area (Å²) < 4.78 is 13.2. The average molecular weight is 385 g/mol. The Morgan fingerprint density at radius 3 is 2.26 bits per heavy atom. The highest BCUT2D eigenvalue weighted by molar-refractivity contribution is 6.31. The molecule has 138 valence electrons. The third kappa shape index (κ3) is 4.80. The molecule has 0 aliphatic heterocycles.